The maximum atomic E-state index is 13.0. The Labute approximate surface area is 231 Å². The van der Waals surface area contributed by atoms with Gasteiger partial charge in [-0.1, -0.05) is 29.6 Å². The second-order valence-corrected chi connectivity index (χ2v) is 10.5. The molecule has 2 atom stereocenters. The molecule has 0 saturated carbocycles. The molecule has 1 fully saturated rings. The van der Waals surface area contributed by atoms with Crippen LogP contribution in [0.1, 0.15) is 12.2 Å². The molecular formula is C19H20N10O7S3. The molecule has 0 bridgehead atoms. The molecule has 0 aliphatic carbocycles. The Hall–Kier alpha value is -4.04. The summed E-state index contributed by atoms with van der Waals surface area (Å²) < 4.78 is 5.26. The van der Waals surface area contributed by atoms with Crippen molar-refractivity contribution in [1.82, 2.24) is 39.8 Å². The van der Waals surface area contributed by atoms with E-state index >= 15 is 0 Å². The molecule has 2 aliphatic heterocycles. The fourth-order valence-electron chi connectivity index (χ4n) is 3.47. The summed E-state index contributed by atoms with van der Waals surface area (Å²) in [6.07, 6.45) is 1.23. The van der Waals surface area contributed by atoms with Gasteiger partial charge in [0.2, 0.25) is 16.7 Å². The second-order valence-electron chi connectivity index (χ2n) is 7.72. The van der Waals surface area contributed by atoms with Crippen LogP contribution in [0.5, 0.6) is 0 Å². The average Bonchev–Trinajstić information content (AvgIpc) is 3.54. The summed E-state index contributed by atoms with van der Waals surface area (Å²) >= 11 is 3.24. The van der Waals surface area contributed by atoms with Crippen molar-refractivity contribution in [3.63, 3.8) is 0 Å². The third-order valence-corrected chi connectivity index (χ3v) is 8.09. The summed E-state index contributed by atoms with van der Waals surface area (Å²) in [5.41, 5.74) is 5.56. The third kappa shape index (κ3) is 6.17. The lowest BCUT2D eigenvalue weighted by molar-refractivity contribution is -0.150. The van der Waals surface area contributed by atoms with Gasteiger partial charge in [0.15, 0.2) is 5.13 Å². The zero-order valence-corrected chi connectivity index (χ0v) is 22.2. The number of thioether (sulfide) groups is 2. The molecule has 1 saturated heterocycles. The molecule has 4 rings (SSSR count). The number of nitrogens with zero attached hydrogens (tertiary/aromatic N) is 8. The van der Waals surface area contributed by atoms with Gasteiger partial charge in [0.25, 0.3) is 11.8 Å². The van der Waals surface area contributed by atoms with E-state index < -0.39 is 35.2 Å². The number of carbonyl (C=O) groups is 4. The van der Waals surface area contributed by atoms with Gasteiger partial charge in [0.1, 0.15) is 23.7 Å². The van der Waals surface area contributed by atoms with Crippen molar-refractivity contribution in [3.05, 3.63) is 29.7 Å². The minimum absolute atomic E-state index is 0.00446. The van der Waals surface area contributed by atoms with Gasteiger partial charge in [-0.25, -0.2) is 9.48 Å². The second kappa shape index (κ2) is 12.2. The van der Waals surface area contributed by atoms with Crippen LogP contribution in [0.4, 0.5) is 5.13 Å². The quantitative estimate of drug-likeness (QED) is 0.0542. The normalized spacial score (nSPS) is 18.8. The summed E-state index contributed by atoms with van der Waals surface area (Å²) in [4.78, 5) is 59.0. The van der Waals surface area contributed by atoms with Crippen LogP contribution in [0.15, 0.2) is 34.2 Å². The van der Waals surface area contributed by atoms with Crippen LogP contribution in [0, 0.1) is 0 Å². The molecule has 2 aliphatic rings. The van der Waals surface area contributed by atoms with Crippen LogP contribution < -0.4 is 11.1 Å². The van der Waals surface area contributed by atoms with Gasteiger partial charge < -0.3 is 26.1 Å². The van der Waals surface area contributed by atoms with Crippen molar-refractivity contribution in [3.8, 4) is 0 Å². The number of aryl methyl sites for hydroxylation is 1. The number of nitrogens with one attached hydrogen (secondary N) is 1. The van der Waals surface area contributed by atoms with E-state index in [-0.39, 0.29) is 53.4 Å². The number of carboxylic acids is 2. The molecule has 20 heteroatoms. The summed E-state index contributed by atoms with van der Waals surface area (Å²) in [7, 11) is 0. The average molecular weight is 597 g/mol. The van der Waals surface area contributed by atoms with Gasteiger partial charge in [0.05, 0.1) is 13.0 Å². The molecule has 1 unspecified atom stereocenters. The standard InChI is InChI=1S/C19H20N10O7S3/c1-2-5-36-24-10(13-22-18(20)39-25-13)14(32)21-11-15(33)29-12(17(34)35)8(6-37-16(11)29)7-38-19-23-26-27-28(19)4-3-9(30)31/h2,11,16H,1,3-7H2,(H,21,32)(H,30,31)(H,34,35)(H2,20,22,25)/b24-10-/t11?,16-/m1/s1. The van der Waals surface area contributed by atoms with Gasteiger partial charge in [-0.15, -0.1) is 16.9 Å². The maximum Gasteiger partial charge on any atom is 0.352 e. The number of tetrazole rings is 1. The monoisotopic (exact) mass is 596 g/mol. The van der Waals surface area contributed by atoms with Gasteiger partial charge >= 0.3 is 11.9 Å². The SMILES string of the molecule is C=CCO/N=C(\C(=O)NC1C(=O)N2C(C(=O)O)=C(CSc3nnnn3CCC(=O)O)CS[C@H]12)c1nsc(N)n1. The van der Waals surface area contributed by atoms with E-state index in [1.165, 1.54) is 22.5 Å². The van der Waals surface area contributed by atoms with E-state index in [2.05, 4.69) is 41.9 Å². The minimum atomic E-state index is -1.30. The number of nitrogens with two attached hydrogens (primary N) is 1. The zero-order valence-electron chi connectivity index (χ0n) is 19.8. The molecule has 0 aromatic carbocycles. The first-order valence-electron chi connectivity index (χ1n) is 10.9. The molecule has 2 aromatic heterocycles. The minimum Gasteiger partial charge on any atom is -0.481 e. The van der Waals surface area contributed by atoms with E-state index in [0.717, 1.165) is 28.2 Å². The highest BCUT2D eigenvalue weighted by atomic mass is 32.2. The molecule has 0 spiro atoms. The Morgan fingerprint density at radius 2 is 2.15 bits per heavy atom. The Balaban J connectivity index is 1.47. The topological polar surface area (TPSA) is 241 Å². The zero-order chi connectivity index (χ0) is 28.1. The number of rotatable bonds is 13. The van der Waals surface area contributed by atoms with E-state index in [4.69, 9.17) is 15.7 Å². The van der Waals surface area contributed by atoms with Crippen LogP contribution >= 0.6 is 35.1 Å². The number of nitrogen functional groups attached to an aromatic ring is 1. The number of β-lactam (4-membered cyclic amide) rings is 1. The molecule has 4 heterocycles. The summed E-state index contributed by atoms with van der Waals surface area (Å²) in [5.74, 6) is -3.44. The van der Waals surface area contributed by atoms with Gasteiger partial charge in [-0.2, -0.15) is 9.36 Å². The highest BCUT2D eigenvalue weighted by Crippen LogP contribution is 2.41. The largest absolute Gasteiger partial charge is 0.481 e. The first-order valence-corrected chi connectivity index (χ1v) is 13.7. The first kappa shape index (κ1) is 28.0. The van der Waals surface area contributed by atoms with Crippen molar-refractivity contribution in [1.29, 1.82) is 0 Å². The van der Waals surface area contributed by atoms with Gasteiger partial charge in [0, 0.05) is 23.0 Å². The highest BCUT2D eigenvalue weighted by Gasteiger charge is 2.54. The Bertz CT molecular complexity index is 1370. The lowest BCUT2D eigenvalue weighted by Crippen LogP contribution is -2.71. The van der Waals surface area contributed by atoms with Crippen molar-refractivity contribution in [2.24, 2.45) is 5.16 Å². The summed E-state index contributed by atoms with van der Waals surface area (Å²) in [5, 5.41) is 35.9. The van der Waals surface area contributed by atoms with Gasteiger partial charge in [-0.3, -0.25) is 19.3 Å². The molecule has 2 amide bonds. The molecular weight excluding hydrogens is 576 g/mol. The summed E-state index contributed by atoms with van der Waals surface area (Å²) in [6.45, 7) is 3.55. The highest BCUT2D eigenvalue weighted by molar-refractivity contribution is 8.01. The van der Waals surface area contributed by atoms with E-state index in [0.29, 0.717) is 10.7 Å². The predicted octanol–water partition coefficient (Wildman–Crippen LogP) is -0.981. The molecule has 39 heavy (non-hydrogen) atoms. The maximum absolute atomic E-state index is 13.0. The lowest BCUT2D eigenvalue weighted by Gasteiger charge is -2.49. The van der Waals surface area contributed by atoms with Gasteiger partial charge in [-0.05, 0) is 16.0 Å². The molecule has 2 aromatic rings. The van der Waals surface area contributed by atoms with Crippen LogP contribution in [0.25, 0.3) is 0 Å². The van der Waals surface area contributed by atoms with Crippen molar-refractivity contribution in [2.75, 3.05) is 23.8 Å². The first-order chi connectivity index (χ1) is 18.7. The van der Waals surface area contributed by atoms with Crippen molar-refractivity contribution >= 4 is 69.7 Å². The fraction of sp³-hybridized carbons (Fsp3) is 0.368. The number of fused-ring (bicyclic) bond motifs is 1. The Morgan fingerprint density at radius 3 is 2.82 bits per heavy atom. The molecule has 17 nitrogen and oxygen atoms in total. The lowest BCUT2D eigenvalue weighted by atomic mass is 10.0. The van der Waals surface area contributed by atoms with Crippen molar-refractivity contribution in [2.45, 2.75) is 29.5 Å². The number of amides is 2. The number of oxime groups is 1. The number of carbonyl (C=O) groups excluding carboxylic acids is 2. The smallest absolute Gasteiger partial charge is 0.352 e. The number of hydrogen-bond donors (Lipinski definition) is 4. The predicted molar refractivity (Wildman–Crippen MR) is 137 cm³/mol. The number of aliphatic carboxylic acids is 2. The number of carboxylic acid groups (broad SMARTS) is 2. The Kier molecular flexibility index (Phi) is 8.76. The Morgan fingerprint density at radius 1 is 1.36 bits per heavy atom. The van der Waals surface area contributed by atoms with Crippen molar-refractivity contribution < 1.29 is 34.2 Å². The van der Waals surface area contributed by atoms with Crippen LogP contribution in [0.3, 0.4) is 0 Å². The third-order valence-electron chi connectivity index (χ3n) is 5.17. The van der Waals surface area contributed by atoms with E-state index in [1.54, 1.807) is 0 Å². The van der Waals surface area contributed by atoms with Crippen LogP contribution in [0.2, 0.25) is 0 Å². The van der Waals surface area contributed by atoms with E-state index in [1.807, 2.05) is 0 Å². The van der Waals surface area contributed by atoms with Crippen LogP contribution in [-0.2, 0) is 30.6 Å². The number of aromatic nitrogens is 6. The molecule has 5 N–H and O–H groups in total. The fourth-order valence-corrected chi connectivity index (χ4v) is 6.29. The molecule has 206 valence electrons. The summed E-state index contributed by atoms with van der Waals surface area (Å²) in [6, 6.07) is -1.03. The van der Waals surface area contributed by atoms with E-state index in [9.17, 15) is 24.3 Å². The number of hydrogen-bond acceptors (Lipinski definition) is 15. The van der Waals surface area contributed by atoms with Crippen LogP contribution in [-0.4, -0.2) is 104 Å². The number of anilines is 1. The molecule has 0 radical (unpaired) electrons.